The van der Waals surface area contributed by atoms with Crippen molar-refractivity contribution in [3.63, 3.8) is 0 Å². The lowest BCUT2D eigenvalue weighted by Gasteiger charge is -1.99. The number of oxazole rings is 1. The Morgan fingerprint density at radius 3 is 3.00 bits per heavy atom. The summed E-state index contributed by atoms with van der Waals surface area (Å²) in [7, 11) is 1.89. The molecule has 98 valence electrons. The molecule has 0 saturated carbocycles. The van der Waals surface area contributed by atoms with Crippen LogP contribution in [-0.2, 0) is 11.8 Å². The number of rotatable bonds is 2. The standard InChI is InChI=1S/C14H14N2O3/c1-4-18-14(17)10-7-16(3)12-6-13-11(5-9(10)12)15-8(2)19-13/h5-7H,4H2,1-3H3. The molecule has 3 aromatic rings. The number of nitrogens with zero attached hydrogens (tertiary/aromatic N) is 2. The first-order chi connectivity index (χ1) is 9.10. The molecule has 0 radical (unpaired) electrons. The number of hydrogen-bond acceptors (Lipinski definition) is 4. The van der Waals surface area contributed by atoms with E-state index in [0.717, 1.165) is 22.0 Å². The summed E-state index contributed by atoms with van der Waals surface area (Å²) in [6.45, 7) is 3.96. The highest BCUT2D eigenvalue weighted by Gasteiger charge is 2.17. The quantitative estimate of drug-likeness (QED) is 0.663. The minimum atomic E-state index is -0.312. The zero-order valence-electron chi connectivity index (χ0n) is 11.1. The molecule has 0 bridgehead atoms. The summed E-state index contributed by atoms with van der Waals surface area (Å²) in [4.78, 5) is 16.2. The van der Waals surface area contributed by atoms with Gasteiger partial charge in [0, 0.05) is 31.6 Å². The minimum Gasteiger partial charge on any atom is -0.462 e. The van der Waals surface area contributed by atoms with Crippen molar-refractivity contribution in [2.45, 2.75) is 13.8 Å². The van der Waals surface area contributed by atoms with Crippen LogP contribution >= 0.6 is 0 Å². The molecule has 0 atom stereocenters. The molecule has 1 aromatic carbocycles. The largest absolute Gasteiger partial charge is 0.462 e. The fraction of sp³-hybridized carbons (Fsp3) is 0.286. The molecule has 0 aliphatic rings. The highest BCUT2D eigenvalue weighted by atomic mass is 16.5. The Kier molecular flexibility index (Phi) is 2.55. The van der Waals surface area contributed by atoms with E-state index in [0.29, 0.717) is 18.1 Å². The molecular weight excluding hydrogens is 244 g/mol. The number of carbonyl (C=O) groups excluding carboxylic acids is 1. The van der Waals surface area contributed by atoms with E-state index in [1.54, 1.807) is 20.0 Å². The van der Waals surface area contributed by atoms with Crippen LogP contribution in [0.4, 0.5) is 0 Å². The van der Waals surface area contributed by atoms with E-state index in [-0.39, 0.29) is 5.97 Å². The van der Waals surface area contributed by atoms with E-state index in [1.807, 2.05) is 23.7 Å². The fourth-order valence-electron chi connectivity index (χ4n) is 2.29. The first-order valence-electron chi connectivity index (χ1n) is 6.13. The minimum absolute atomic E-state index is 0.312. The predicted molar refractivity (Wildman–Crippen MR) is 71.2 cm³/mol. The van der Waals surface area contributed by atoms with Crippen LogP contribution in [0.2, 0.25) is 0 Å². The molecular formula is C14H14N2O3. The number of carbonyl (C=O) groups is 1. The Hall–Kier alpha value is -2.30. The highest BCUT2D eigenvalue weighted by molar-refractivity contribution is 6.07. The average Bonchev–Trinajstić information content (AvgIpc) is 2.87. The van der Waals surface area contributed by atoms with Gasteiger partial charge in [-0.15, -0.1) is 0 Å². The van der Waals surface area contributed by atoms with E-state index in [2.05, 4.69) is 4.98 Å². The van der Waals surface area contributed by atoms with Gasteiger partial charge in [-0.1, -0.05) is 0 Å². The first kappa shape index (κ1) is 11.8. The molecule has 0 aliphatic heterocycles. The summed E-state index contributed by atoms with van der Waals surface area (Å²) in [5.74, 6) is 0.302. The number of esters is 1. The summed E-state index contributed by atoms with van der Waals surface area (Å²) >= 11 is 0. The average molecular weight is 258 g/mol. The van der Waals surface area contributed by atoms with Gasteiger partial charge in [0.25, 0.3) is 0 Å². The Bertz CT molecular complexity index is 783. The van der Waals surface area contributed by atoms with Gasteiger partial charge in [0.1, 0.15) is 5.52 Å². The Morgan fingerprint density at radius 1 is 1.47 bits per heavy atom. The van der Waals surface area contributed by atoms with E-state index >= 15 is 0 Å². The van der Waals surface area contributed by atoms with E-state index in [4.69, 9.17) is 9.15 Å². The summed E-state index contributed by atoms with van der Waals surface area (Å²) in [5, 5.41) is 0.835. The van der Waals surface area contributed by atoms with Gasteiger partial charge in [0.15, 0.2) is 11.5 Å². The number of ether oxygens (including phenoxy) is 1. The molecule has 5 heteroatoms. The lowest BCUT2D eigenvalue weighted by atomic mass is 10.1. The van der Waals surface area contributed by atoms with E-state index in [1.165, 1.54) is 0 Å². The molecule has 0 unspecified atom stereocenters. The molecule has 0 amide bonds. The normalized spacial score (nSPS) is 11.3. The van der Waals surface area contributed by atoms with Crippen LogP contribution in [0.5, 0.6) is 0 Å². The topological polar surface area (TPSA) is 57.3 Å². The van der Waals surface area contributed by atoms with Gasteiger partial charge in [-0.05, 0) is 13.0 Å². The van der Waals surface area contributed by atoms with Crippen LogP contribution in [0.1, 0.15) is 23.2 Å². The fourth-order valence-corrected chi connectivity index (χ4v) is 2.29. The van der Waals surface area contributed by atoms with Gasteiger partial charge in [0.05, 0.1) is 17.7 Å². The summed E-state index contributed by atoms with van der Waals surface area (Å²) in [5.41, 5.74) is 2.96. The van der Waals surface area contributed by atoms with Crippen LogP contribution in [0.25, 0.3) is 22.0 Å². The third-order valence-corrected chi connectivity index (χ3v) is 3.10. The van der Waals surface area contributed by atoms with Crippen LogP contribution in [-0.4, -0.2) is 22.1 Å². The van der Waals surface area contributed by atoms with Crippen LogP contribution < -0.4 is 0 Å². The van der Waals surface area contributed by atoms with Crippen molar-refractivity contribution in [1.82, 2.24) is 9.55 Å². The Labute approximate surface area is 109 Å². The number of aromatic nitrogens is 2. The lowest BCUT2D eigenvalue weighted by molar-refractivity contribution is 0.0528. The molecule has 2 aromatic heterocycles. The molecule has 0 N–H and O–H groups in total. The second kappa shape index (κ2) is 4.12. The molecule has 2 heterocycles. The van der Waals surface area contributed by atoms with Crippen molar-refractivity contribution < 1.29 is 13.9 Å². The molecule has 0 spiro atoms. The second-order valence-electron chi connectivity index (χ2n) is 4.44. The summed E-state index contributed by atoms with van der Waals surface area (Å²) < 4.78 is 12.5. The molecule has 5 nitrogen and oxygen atoms in total. The molecule has 0 aliphatic carbocycles. The number of fused-ring (bicyclic) bond motifs is 2. The summed E-state index contributed by atoms with van der Waals surface area (Å²) in [6, 6.07) is 3.76. The summed E-state index contributed by atoms with van der Waals surface area (Å²) in [6.07, 6.45) is 1.77. The lowest BCUT2D eigenvalue weighted by Crippen LogP contribution is -2.03. The zero-order chi connectivity index (χ0) is 13.6. The van der Waals surface area contributed by atoms with Gasteiger partial charge in [-0.2, -0.15) is 0 Å². The smallest absolute Gasteiger partial charge is 0.340 e. The van der Waals surface area contributed by atoms with Gasteiger partial charge >= 0.3 is 5.97 Å². The van der Waals surface area contributed by atoms with E-state index < -0.39 is 0 Å². The molecule has 19 heavy (non-hydrogen) atoms. The zero-order valence-corrected chi connectivity index (χ0v) is 11.1. The van der Waals surface area contributed by atoms with Crippen LogP contribution in [0.15, 0.2) is 22.7 Å². The number of hydrogen-bond donors (Lipinski definition) is 0. The Balaban J connectivity index is 2.29. The van der Waals surface area contributed by atoms with Crippen molar-refractivity contribution in [2.75, 3.05) is 6.61 Å². The van der Waals surface area contributed by atoms with Crippen molar-refractivity contribution in [1.29, 1.82) is 0 Å². The maximum absolute atomic E-state index is 11.9. The van der Waals surface area contributed by atoms with Crippen LogP contribution in [0, 0.1) is 6.92 Å². The van der Waals surface area contributed by atoms with Crippen molar-refractivity contribution in [3.8, 4) is 0 Å². The van der Waals surface area contributed by atoms with Crippen LogP contribution in [0.3, 0.4) is 0 Å². The van der Waals surface area contributed by atoms with E-state index in [9.17, 15) is 4.79 Å². The van der Waals surface area contributed by atoms with Gasteiger partial charge in [-0.3, -0.25) is 0 Å². The Morgan fingerprint density at radius 2 is 2.26 bits per heavy atom. The first-order valence-corrected chi connectivity index (χ1v) is 6.13. The maximum atomic E-state index is 11.9. The molecule has 0 fully saturated rings. The molecule has 3 rings (SSSR count). The highest BCUT2D eigenvalue weighted by Crippen LogP contribution is 2.27. The predicted octanol–water partition coefficient (Wildman–Crippen LogP) is 2.80. The van der Waals surface area contributed by atoms with Crippen molar-refractivity contribution in [2.24, 2.45) is 7.05 Å². The monoisotopic (exact) mass is 258 g/mol. The maximum Gasteiger partial charge on any atom is 0.340 e. The second-order valence-corrected chi connectivity index (χ2v) is 4.44. The van der Waals surface area contributed by atoms with Gasteiger partial charge in [-0.25, -0.2) is 9.78 Å². The van der Waals surface area contributed by atoms with Gasteiger partial charge in [0.2, 0.25) is 0 Å². The number of aryl methyl sites for hydroxylation is 2. The van der Waals surface area contributed by atoms with Crippen molar-refractivity contribution >= 4 is 28.0 Å². The van der Waals surface area contributed by atoms with Crippen molar-refractivity contribution in [3.05, 3.63) is 29.8 Å². The third-order valence-electron chi connectivity index (χ3n) is 3.10. The molecule has 0 saturated heterocycles. The SMILES string of the molecule is CCOC(=O)c1cn(C)c2cc3oc(C)nc3cc12. The van der Waals surface area contributed by atoms with Gasteiger partial charge < -0.3 is 13.7 Å². The number of benzene rings is 1. The third kappa shape index (κ3) is 1.78.